The molecule has 0 fully saturated rings. The highest BCUT2D eigenvalue weighted by Crippen LogP contribution is 2.48. The van der Waals surface area contributed by atoms with Crippen LogP contribution in [-0.2, 0) is 0 Å². The molecule has 0 aromatic heterocycles. The zero-order chi connectivity index (χ0) is 19.4. The third-order valence-corrected chi connectivity index (χ3v) is 7.41. The highest BCUT2D eigenvalue weighted by atomic mass is 79.9. The van der Waals surface area contributed by atoms with Crippen molar-refractivity contribution in [2.45, 2.75) is 50.0 Å². The highest BCUT2D eigenvalue weighted by molar-refractivity contribution is 9.10. The van der Waals surface area contributed by atoms with E-state index in [1.807, 2.05) is 11.9 Å². The van der Waals surface area contributed by atoms with Crippen molar-refractivity contribution in [1.29, 1.82) is 0 Å². The molecule has 0 saturated carbocycles. The maximum Gasteiger partial charge on any atom is 0.134 e. The Kier molecular flexibility index (Phi) is 6.77. The molecule has 0 N–H and O–H groups in total. The molecule has 1 unspecified atom stereocenters. The van der Waals surface area contributed by atoms with Crippen LogP contribution < -0.4 is 9.64 Å². The molecule has 0 radical (unpaired) electrons. The van der Waals surface area contributed by atoms with Gasteiger partial charge in [0.2, 0.25) is 0 Å². The fraction of sp³-hybridized carbons (Fsp3) is 0.455. The largest absolute Gasteiger partial charge is 0.496 e. The van der Waals surface area contributed by atoms with E-state index in [1.165, 1.54) is 35.5 Å². The van der Waals surface area contributed by atoms with Gasteiger partial charge >= 0.3 is 0 Å². The van der Waals surface area contributed by atoms with Gasteiger partial charge in [-0.25, -0.2) is 4.31 Å². The minimum Gasteiger partial charge on any atom is -0.496 e. The zero-order valence-electron chi connectivity index (χ0n) is 16.7. The number of unbranched alkanes of at least 4 members (excludes halogenated alkanes) is 1. The predicted octanol–water partition coefficient (Wildman–Crippen LogP) is 6.89. The number of hydrogen-bond donors (Lipinski definition) is 0. The second kappa shape index (κ2) is 8.89. The van der Waals surface area contributed by atoms with Crippen LogP contribution in [0.2, 0.25) is 0 Å². The summed E-state index contributed by atoms with van der Waals surface area (Å²) in [5.41, 5.74) is 2.59. The number of anilines is 2. The molecule has 1 atom stereocenters. The van der Waals surface area contributed by atoms with Gasteiger partial charge in [-0.15, -0.1) is 0 Å². The second-order valence-electron chi connectivity index (χ2n) is 7.15. The lowest BCUT2D eigenvalue weighted by molar-refractivity contribution is 0.212. The lowest BCUT2D eigenvalue weighted by Gasteiger charge is -2.42. The summed E-state index contributed by atoms with van der Waals surface area (Å²) in [7, 11) is 3.97. The number of nitrogens with zero attached hydrogens (tertiary/aromatic N) is 2. The molecule has 0 spiro atoms. The highest BCUT2D eigenvalue weighted by Gasteiger charge is 2.39. The predicted molar refractivity (Wildman–Crippen MR) is 120 cm³/mol. The molecule has 146 valence electrons. The van der Waals surface area contributed by atoms with Gasteiger partial charge in [0.05, 0.1) is 22.2 Å². The van der Waals surface area contributed by atoms with E-state index in [0.717, 1.165) is 23.2 Å². The van der Waals surface area contributed by atoms with Crippen molar-refractivity contribution in [3.63, 3.8) is 0 Å². The van der Waals surface area contributed by atoms with Gasteiger partial charge in [-0.1, -0.05) is 44.9 Å². The van der Waals surface area contributed by atoms with E-state index < -0.39 is 0 Å². The summed E-state index contributed by atoms with van der Waals surface area (Å²) in [5.74, 6) is 0.875. The molecule has 0 saturated heterocycles. The van der Waals surface area contributed by atoms with Crippen molar-refractivity contribution in [2.24, 2.45) is 0 Å². The van der Waals surface area contributed by atoms with E-state index in [-0.39, 0.29) is 5.54 Å². The van der Waals surface area contributed by atoms with Crippen LogP contribution in [0, 0.1) is 0 Å². The summed E-state index contributed by atoms with van der Waals surface area (Å²) in [6.45, 7) is 5.57. The Morgan fingerprint density at radius 1 is 1.19 bits per heavy atom. The summed E-state index contributed by atoms with van der Waals surface area (Å²) in [6.07, 6.45) is 4.77. The van der Waals surface area contributed by atoms with Gasteiger partial charge in [-0.3, -0.25) is 0 Å². The first-order valence-corrected chi connectivity index (χ1v) is 11.2. The first-order chi connectivity index (χ1) is 13.0. The van der Waals surface area contributed by atoms with Gasteiger partial charge < -0.3 is 9.64 Å². The van der Waals surface area contributed by atoms with Crippen LogP contribution in [0.4, 0.5) is 11.4 Å². The van der Waals surface area contributed by atoms with Crippen LogP contribution in [-0.4, -0.2) is 30.5 Å². The van der Waals surface area contributed by atoms with Crippen LogP contribution in [0.25, 0.3) is 0 Å². The smallest absolute Gasteiger partial charge is 0.134 e. The number of fused-ring (bicyclic) bond motifs is 1. The monoisotopic (exact) mass is 448 g/mol. The zero-order valence-corrected chi connectivity index (χ0v) is 19.1. The summed E-state index contributed by atoms with van der Waals surface area (Å²) in [6, 6.07) is 15.1. The first kappa shape index (κ1) is 20.6. The van der Waals surface area contributed by atoms with Crippen molar-refractivity contribution in [2.75, 3.05) is 25.6 Å². The van der Waals surface area contributed by atoms with Gasteiger partial charge in [0.25, 0.3) is 0 Å². The molecule has 0 bridgehead atoms. The van der Waals surface area contributed by atoms with Crippen LogP contribution in [0.3, 0.4) is 0 Å². The molecule has 27 heavy (non-hydrogen) atoms. The number of para-hydroxylation sites is 1. The quantitative estimate of drug-likeness (QED) is 0.446. The number of hydrogen-bond acceptors (Lipinski definition) is 4. The fourth-order valence-corrected chi connectivity index (χ4v) is 5.46. The molecule has 3 nitrogen and oxygen atoms in total. The Hall–Kier alpha value is -1.17. The minimum atomic E-state index is 0.120. The number of ether oxygens (including phenoxy) is 1. The number of methoxy groups -OCH3 is 1. The topological polar surface area (TPSA) is 15.7 Å². The molecule has 5 heteroatoms. The standard InChI is InChI=1S/C22H29BrN2OS/c1-5-7-13-22(6-2)16-25(17-11-9-8-10-12-17)19-14-18(23)20(26-4)15-21(19)27-24(22)3/h8-12,14-15H,5-7,13,16H2,1-4H3. The third kappa shape index (κ3) is 4.15. The second-order valence-corrected chi connectivity index (χ2v) is 9.17. The minimum absolute atomic E-state index is 0.120. The third-order valence-electron chi connectivity index (χ3n) is 5.60. The lowest BCUT2D eigenvalue weighted by atomic mass is 9.88. The summed E-state index contributed by atoms with van der Waals surface area (Å²) >= 11 is 5.53. The Bertz CT molecular complexity index is 770. The Morgan fingerprint density at radius 3 is 2.56 bits per heavy atom. The normalized spacial score (nSPS) is 20.3. The van der Waals surface area contributed by atoms with E-state index in [0.29, 0.717) is 0 Å². The summed E-state index contributed by atoms with van der Waals surface area (Å²) < 4.78 is 9.05. The molecular formula is C22H29BrN2OS. The summed E-state index contributed by atoms with van der Waals surface area (Å²) in [4.78, 5) is 3.71. The van der Waals surface area contributed by atoms with E-state index in [2.05, 4.69) is 88.5 Å². The van der Waals surface area contributed by atoms with Gasteiger partial charge in [-0.05, 0) is 72.0 Å². The van der Waals surface area contributed by atoms with Gasteiger partial charge in [-0.2, -0.15) is 0 Å². The van der Waals surface area contributed by atoms with Crippen molar-refractivity contribution in [1.82, 2.24) is 4.31 Å². The Balaban J connectivity index is 2.14. The number of rotatable bonds is 6. The molecule has 0 aliphatic carbocycles. The number of halogens is 1. The molecule has 1 aliphatic heterocycles. The number of benzene rings is 2. The Labute approximate surface area is 176 Å². The van der Waals surface area contributed by atoms with Crippen molar-refractivity contribution >= 4 is 39.3 Å². The average molecular weight is 449 g/mol. The van der Waals surface area contributed by atoms with Crippen molar-refractivity contribution in [3.05, 3.63) is 46.9 Å². The molecule has 2 aromatic rings. The van der Waals surface area contributed by atoms with Crippen LogP contribution in [0.15, 0.2) is 51.8 Å². The van der Waals surface area contributed by atoms with Crippen LogP contribution in [0.5, 0.6) is 5.75 Å². The molecule has 1 aliphatic rings. The molecular weight excluding hydrogens is 420 g/mol. The van der Waals surface area contributed by atoms with Gasteiger partial charge in [0.15, 0.2) is 0 Å². The average Bonchev–Trinajstić information content (AvgIpc) is 2.81. The number of likely N-dealkylation sites (N-methyl/N-ethyl adjacent to an activating group) is 1. The van der Waals surface area contributed by atoms with Crippen LogP contribution in [0.1, 0.15) is 39.5 Å². The van der Waals surface area contributed by atoms with E-state index in [1.54, 1.807) is 7.11 Å². The molecule has 1 heterocycles. The van der Waals surface area contributed by atoms with E-state index in [9.17, 15) is 0 Å². The van der Waals surface area contributed by atoms with Crippen molar-refractivity contribution in [3.8, 4) is 5.75 Å². The van der Waals surface area contributed by atoms with Crippen molar-refractivity contribution < 1.29 is 4.74 Å². The Morgan fingerprint density at radius 2 is 1.93 bits per heavy atom. The van der Waals surface area contributed by atoms with E-state index in [4.69, 9.17) is 4.74 Å². The maximum absolute atomic E-state index is 5.57. The lowest BCUT2D eigenvalue weighted by Crippen LogP contribution is -2.49. The summed E-state index contributed by atoms with van der Waals surface area (Å²) in [5, 5.41) is 0. The molecule has 3 rings (SSSR count). The van der Waals surface area contributed by atoms with Gasteiger partial charge in [0, 0.05) is 17.8 Å². The van der Waals surface area contributed by atoms with Crippen LogP contribution >= 0.6 is 27.9 Å². The first-order valence-electron chi connectivity index (χ1n) is 9.66. The fourth-order valence-electron chi connectivity index (χ4n) is 3.78. The van der Waals surface area contributed by atoms with Gasteiger partial charge in [0.1, 0.15) is 5.75 Å². The van der Waals surface area contributed by atoms with E-state index >= 15 is 0 Å². The molecule has 0 amide bonds. The molecule has 2 aromatic carbocycles. The maximum atomic E-state index is 5.57. The SMILES string of the molecule is CCCCC1(CC)CN(c2ccccc2)c2cc(Br)c(OC)cc2SN1C.